The minimum Gasteiger partial charge on any atom is -0.465 e. The predicted octanol–water partition coefficient (Wildman–Crippen LogP) is -0.493. The zero-order chi connectivity index (χ0) is 15.0. The van der Waals surface area contributed by atoms with E-state index in [1.54, 1.807) is 0 Å². The first kappa shape index (κ1) is 17.2. The standard InChI is InChI=1S/C11H22N4O4/c1-7(2)6-8(15(3)11(18)19)10(17)14-13-5-4-9(12)16/h7-8,13H,4-6H2,1-3H3,(H2,12,16)(H,14,17)(H,18,19)/t8-/m0/s1. The van der Waals surface area contributed by atoms with Gasteiger partial charge in [-0.1, -0.05) is 13.8 Å². The van der Waals surface area contributed by atoms with Gasteiger partial charge in [0.05, 0.1) is 0 Å². The van der Waals surface area contributed by atoms with Crippen LogP contribution < -0.4 is 16.6 Å². The van der Waals surface area contributed by atoms with E-state index in [4.69, 9.17) is 10.8 Å². The number of nitrogens with zero attached hydrogens (tertiary/aromatic N) is 1. The molecule has 5 N–H and O–H groups in total. The predicted molar refractivity (Wildman–Crippen MR) is 69.0 cm³/mol. The highest BCUT2D eigenvalue weighted by molar-refractivity contribution is 5.84. The minimum atomic E-state index is -1.17. The first-order chi connectivity index (χ1) is 8.75. The minimum absolute atomic E-state index is 0.0872. The van der Waals surface area contributed by atoms with Crippen LogP contribution in [0.2, 0.25) is 0 Å². The van der Waals surface area contributed by atoms with E-state index in [9.17, 15) is 14.4 Å². The summed E-state index contributed by atoms with van der Waals surface area (Å²) in [6.07, 6.45) is -0.673. The number of hydrazine groups is 1. The van der Waals surface area contributed by atoms with Crippen LogP contribution in [-0.4, -0.2) is 47.5 Å². The van der Waals surface area contributed by atoms with Gasteiger partial charge in [0.25, 0.3) is 5.91 Å². The highest BCUT2D eigenvalue weighted by Gasteiger charge is 2.27. The maximum Gasteiger partial charge on any atom is 0.407 e. The summed E-state index contributed by atoms with van der Waals surface area (Å²) < 4.78 is 0. The number of carboxylic acid groups (broad SMARTS) is 1. The van der Waals surface area contributed by atoms with E-state index in [1.165, 1.54) is 7.05 Å². The lowest BCUT2D eigenvalue weighted by Gasteiger charge is -2.26. The summed E-state index contributed by atoms with van der Waals surface area (Å²) in [5, 5.41) is 8.92. The third-order valence-corrected chi connectivity index (χ3v) is 2.47. The molecule has 0 saturated heterocycles. The number of rotatable bonds is 8. The molecular weight excluding hydrogens is 252 g/mol. The molecule has 0 spiro atoms. The Morgan fingerprint density at radius 1 is 1.32 bits per heavy atom. The van der Waals surface area contributed by atoms with Crippen LogP contribution in [-0.2, 0) is 9.59 Å². The molecule has 0 aliphatic heterocycles. The monoisotopic (exact) mass is 274 g/mol. The van der Waals surface area contributed by atoms with E-state index in [0.717, 1.165) is 4.90 Å². The third-order valence-electron chi connectivity index (χ3n) is 2.47. The van der Waals surface area contributed by atoms with Crippen LogP contribution in [0.4, 0.5) is 4.79 Å². The lowest BCUT2D eigenvalue weighted by atomic mass is 10.0. The number of likely N-dealkylation sites (N-methyl/N-ethyl adjacent to an activating group) is 1. The molecule has 0 aliphatic carbocycles. The number of carbonyl (C=O) groups excluding carboxylic acids is 2. The van der Waals surface area contributed by atoms with Crippen molar-refractivity contribution in [2.24, 2.45) is 11.7 Å². The maximum atomic E-state index is 11.9. The zero-order valence-corrected chi connectivity index (χ0v) is 11.5. The summed E-state index contributed by atoms with van der Waals surface area (Å²) in [5.41, 5.74) is 9.87. The topological polar surface area (TPSA) is 125 Å². The Morgan fingerprint density at radius 3 is 2.32 bits per heavy atom. The average Bonchev–Trinajstić information content (AvgIpc) is 2.29. The molecule has 110 valence electrons. The Bertz CT molecular complexity index is 333. The molecule has 0 saturated carbocycles. The van der Waals surface area contributed by atoms with Gasteiger partial charge in [0.1, 0.15) is 6.04 Å². The van der Waals surface area contributed by atoms with E-state index >= 15 is 0 Å². The Hall–Kier alpha value is -1.83. The Morgan fingerprint density at radius 2 is 1.89 bits per heavy atom. The quantitative estimate of drug-likeness (QED) is 0.351. The van der Waals surface area contributed by atoms with Gasteiger partial charge in [-0.25, -0.2) is 10.2 Å². The summed E-state index contributed by atoms with van der Waals surface area (Å²) in [4.78, 5) is 34.3. The molecular formula is C11H22N4O4. The van der Waals surface area contributed by atoms with Crippen LogP contribution in [0.5, 0.6) is 0 Å². The summed E-state index contributed by atoms with van der Waals surface area (Å²) in [5.74, 6) is -0.769. The number of hydrogen-bond acceptors (Lipinski definition) is 4. The Labute approximate surface area is 112 Å². The molecule has 1 atom stereocenters. The summed E-state index contributed by atoms with van der Waals surface area (Å²) in [7, 11) is 1.35. The molecule has 0 rings (SSSR count). The molecule has 0 radical (unpaired) electrons. The first-order valence-corrected chi connectivity index (χ1v) is 6.02. The Balaban J connectivity index is 4.38. The highest BCUT2D eigenvalue weighted by Crippen LogP contribution is 2.10. The van der Waals surface area contributed by atoms with Gasteiger partial charge >= 0.3 is 6.09 Å². The van der Waals surface area contributed by atoms with Crippen molar-refractivity contribution in [1.82, 2.24) is 15.8 Å². The fourth-order valence-corrected chi connectivity index (χ4v) is 1.44. The van der Waals surface area contributed by atoms with E-state index in [0.29, 0.717) is 6.42 Å². The van der Waals surface area contributed by atoms with Crippen LogP contribution in [0.25, 0.3) is 0 Å². The molecule has 0 fully saturated rings. The van der Waals surface area contributed by atoms with E-state index in [2.05, 4.69) is 10.9 Å². The van der Waals surface area contributed by atoms with Gasteiger partial charge < -0.3 is 10.8 Å². The normalized spacial score (nSPS) is 12.0. The van der Waals surface area contributed by atoms with E-state index in [1.807, 2.05) is 13.8 Å². The molecule has 8 heteroatoms. The molecule has 0 aromatic rings. The smallest absolute Gasteiger partial charge is 0.407 e. The fourth-order valence-electron chi connectivity index (χ4n) is 1.44. The van der Waals surface area contributed by atoms with Crippen molar-refractivity contribution < 1.29 is 19.5 Å². The number of nitrogens with one attached hydrogen (secondary N) is 2. The largest absolute Gasteiger partial charge is 0.465 e. The zero-order valence-electron chi connectivity index (χ0n) is 11.5. The second-order valence-electron chi connectivity index (χ2n) is 4.67. The van der Waals surface area contributed by atoms with Crippen molar-refractivity contribution in [2.45, 2.75) is 32.7 Å². The van der Waals surface area contributed by atoms with E-state index in [-0.39, 0.29) is 18.9 Å². The molecule has 8 nitrogen and oxygen atoms in total. The molecule has 19 heavy (non-hydrogen) atoms. The van der Waals surface area contributed by atoms with Crippen LogP contribution in [0.3, 0.4) is 0 Å². The van der Waals surface area contributed by atoms with Crippen LogP contribution in [0.1, 0.15) is 26.7 Å². The van der Waals surface area contributed by atoms with Gasteiger partial charge in [-0.05, 0) is 12.3 Å². The molecule has 0 aromatic heterocycles. The molecule has 0 aliphatic rings. The van der Waals surface area contributed by atoms with Crippen molar-refractivity contribution in [2.75, 3.05) is 13.6 Å². The summed E-state index contributed by atoms with van der Waals surface area (Å²) in [6.45, 7) is 4.00. The van der Waals surface area contributed by atoms with Crippen molar-refractivity contribution >= 4 is 17.9 Å². The molecule has 0 unspecified atom stereocenters. The van der Waals surface area contributed by atoms with Gasteiger partial charge in [0.2, 0.25) is 5.91 Å². The van der Waals surface area contributed by atoms with Gasteiger partial charge in [0, 0.05) is 20.0 Å². The number of amides is 3. The van der Waals surface area contributed by atoms with Crippen molar-refractivity contribution in [3.63, 3.8) is 0 Å². The second-order valence-corrected chi connectivity index (χ2v) is 4.67. The summed E-state index contributed by atoms with van der Waals surface area (Å²) in [6, 6.07) is -0.779. The summed E-state index contributed by atoms with van der Waals surface area (Å²) >= 11 is 0. The Kier molecular flexibility index (Phi) is 7.50. The maximum absolute atomic E-state index is 11.9. The lowest BCUT2D eigenvalue weighted by molar-refractivity contribution is -0.127. The second kappa shape index (κ2) is 8.30. The number of primary amides is 1. The van der Waals surface area contributed by atoms with Gasteiger partial charge in [0.15, 0.2) is 0 Å². The van der Waals surface area contributed by atoms with Crippen LogP contribution in [0, 0.1) is 5.92 Å². The van der Waals surface area contributed by atoms with Crippen molar-refractivity contribution in [3.05, 3.63) is 0 Å². The SMILES string of the molecule is CC(C)C[C@@H](C(=O)NNCCC(N)=O)N(C)C(=O)O. The lowest BCUT2D eigenvalue weighted by Crippen LogP contribution is -2.52. The average molecular weight is 274 g/mol. The molecule has 3 amide bonds. The van der Waals surface area contributed by atoms with Gasteiger partial charge in [-0.3, -0.25) is 19.9 Å². The van der Waals surface area contributed by atoms with Crippen molar-refractivity contribution in [3.8, 4) is 0 Å². The van der Waals surface area contributed by atoms with Crippen LogP contribution >= 0.6 is 0 Å². The van der Waals surface area contributed by atoms with Crippen LogP contribution in [0.15, 0.2) is 0 Å². The molecule has 0 bridgehead atoms. The van der Waals surface area contributed by atoms with E-state index < -0.39 is 23.9 Å². The van der Waals surface area contributed by atoms with Gasteiger partial charge in [-0.2, -0.15) is 0 Å². The van der Waals surface area contributed by atoms with Gasteiger partial charge in [-0.15, -0.1) is 0 Å². The third kappa shape index (κ3) is 7.24. The number of carbonyl (C=O) groups is 3. The highest BCUT2D eigenvalue weighted by atomic mass is 16.4. The fraction of sp³-hybridized carbons (Fsp3) is 0.727. The molecule has 0 aromatic carbocycles. The number of hydrogen-bond donors (Lipinski definition) is 4. The first-order valence-electron chi connectivity index (χ1n) is 6.02. The number of nitrogens with two attached hydrogens (primary N) is 1. The van der Waals surface area contributed by atoms with Crippen molar-refractivity contribution in [1.29, 1.82) is 0 Å². The molecule has 0 heterocycles.